The summed E-state index contributed by atoms with van der Waals surface area (Å²) in [6, 6.07) is 7.71. The SMILES string of the molecule is CCC(C)CS(=O)(=O)CCNc1cccc(Br)c1. The molecule has 5 heteroatoms. The van der Waals surface area contributed by atoms with E-state index in [1.807, 2.05) is 38.1 Å². The molecule has 0 aliphatic heterocycles. The summed E-state index contributed by atoms with van der Waals surface area (Å²) in [6.07, 6.45) is 0.901. The predicted octanol–water partition coefficient (Wildman–Crippen LogP) is 3.32. The van der Waals surface area contributed by atoms with Crippen molar-refractivity contribution in [2.45, 2.75) is 20.3 Å². The van der Waals surface area contributed by atoms with Crippen LogP contribution in [0.4, 0.5) is 5.69 Å². The molecular weight excluding hydrogens is 314 g/mol. The summed E-state index contributed by atoms with van der Waals surface area (Å²) in [5.41, 5.74) is 0.933. The lowest BCUT2D eigenvalue weighted by molar-refractivity contribution is 0.564. The lowest BCUT2D eigenvalue weighted by atomic mass is 10.2. The topological polar surface area (TPSA) is 46.2 Å². The molecular formula is C13H20BrNO2S. The van der Waals surface area contributed by atoms with E-state index in [2.05, 4.69) is 21.2 Å². The zero-order valence-electron chi connectivity index (χ0n) is 10.8. The van der Waals surface area contributed by atoms with Crippen LogP contribution in [0, 0.1) is 5.92 Å². The minimum absolute atomic E-state index is 0.184. The molecule has 0 aliphatic carbocycles. The summed E-state index contributed by atoms with van der Waals surface area (Å²) in [4.78, 5) is 0. The Bertz CT molecular complexity index is 474. The van der Waals surface area contributed by atoms with Gasteiger partial charge < -0.3 is 5.32 Å². The molecule has 18 heavy (non-hydrogen) atoms. The van der Waals surface area contributed by atoms with E-state index in [1.54, 1.807) is 0 Å². The fourth-order valence-electron chi connectivity index (χ4n) is 1.58. The predicted molar refractivity (Wildman–Crippen MR) is 80.7 cm³/mol. The Morgan fingerprint density at radius 2 is 2.11 bits per heavy atom. The molecule has 0 radical (unpaired) electrons. The van der Waals surface area contributed by atoms with E-state index in [-0.39, 0.29) is 17.4 Å². The fraction of sp³-hybridized carbons (Fsp3) is 0.538. The van der Waals surface area contributed by atoms with Gasteiger partial charge in [-0.1, -0.05) is 42.3 Å². The van der Waals surface area contributed by atoms with Crippen molar-refractivity contribution >= 4 is 31.5 Å². The highest BCUT2D eigenvalue weighted by Gasteiger charge is 2.14. The van der Waals surface area contributed by atoms with Crippen LogP contribution in [0.1, 0.15) is 20.3 Å². The van der Waals surface area contributed by atoms with Gasteiger partial charge in [0.25, 0.3) is 0 Å². The van der Waals surface area contributed by atoms with Crippen LogP contribution >= 0.6 is 15.9 Å². The van der Waals surface area contributed by atoms with Gasteiger partial charge in [-0.2, -0.15) is 0 Å². The molecule has 0 saturated heterocycles. The molecule has 1 rings (SSSR count). The van der Waals surface area contributed by atoms with E-state index in [4.69, 9.17) is 0 Å². The van der Waals surface area contributed by atoms with Gasteiger partial charge in [-0.15, -0.1) is 0 Å². The van der Waals surface area contributed by atoms with Crippen molar-refractivity contribution in [1.82, 2.24) is 0 Å². The molecule has 1 aromatic rings. The first-order valence-electron chi connectivity index (χ1n) is 6.13. The van der Waals surface area contributed by atoms with E-state index >= 15 is 0 Å². The Morgan fingerprint density at radius 1 is 1.39 bits per heavy atom. The Balaban J connectivity index is 2.42. The smallest absolute Gasteiger partial charge is 0.152 e. The molecule has 1 unspecified atom stereocenters. The van der Waals surface area contributed by atoms with Crippen molar-refractivity contribution in [2.24, 2.45) is 5.92 Å². The van der Waals surface area contributed by atoms with Crippen molar-refractivity contribution in [2.75, 3.05) is 23.4 Å². The van der Waals surface area contributed by atoms with E-state index in [1.165, 1.54) is 0 Å². The van der Waals surface area contributed by atoms with Gasteiger partial charge in [-0.3, -0.25) is 0 Å². The average Bonchev–Trinajstić information content (AvgIpc) is 2.28. The number of anilines is 1. The highest BCUT2D eigenvalue weighted by Crippen LogP contribution is 2.15. The van der Waals surface area contributed by atoms with Crippen molar-refractivity contribution in [3.05, 3.63) is 28.7 Å². The van der Waals surface area contributed by atoms with Crippen molar-refractivity contribution in [1.29, 1.82) is 0 Å². The minimum atomic E-state index is -2.95. The van der Waals surface area contributed by atoms with Crippen LogP contribution in [-0.4, -0.2) is 26.5 Å². The number of sulfone groups is 1. The Kier molecular flexibility index (Phi) is 6.15. The Morgan fingerprint density at radius 3 is 2.72 bits per heavy atom. The maximum atomic E-state index is 11.8. The van der Waals surface area contributed by atoms with E-state index in [0.717, 1.165) is 16.6 Å². The van der Waals surface area contributed by atoms with Crippen LogP contribution < -0.4 is 5.32 Å². The summed E-state index contributed by atoms with van der Waals surface area (Å²) in [5.74, 6) is 0.703. The fourth-order valence-corrected chi connectivity index (χ4v) is 3.67. The van der Waals surface area contributed by atoms with Crippen LogP contribution in [0.2, 0.25) is 0 Å². The third-order valence-electron chi connectivity index (χ3n) is 2.80. The number of benzene rings is 1. The Labute approximate surface area is 118 Å². The molecule has 0 fully saturated rings. The molecule has 1 N–H and O–H groups in total. The molecule has 0 aliphatic rings. The standard InChI is InChI=1S/C13H20BrNO2S/c1-3-11(2)10-18(16,17)8-7-15-13-6-4-5-12(14)9-13/h4-6,9,11,15H,3,7-8,10H2,1-2H3. The van der Waals surface area contributed by atoms with Gasteiger partial charge in [-0.25, -0.2) is 8.42 Å². The van der Waals surface area contributed by atoms with E-state index in [9.17, 15) is 8.42 Å². The molecule has 0 spiro atoms. The number of rotatable bonds is 7. The summed E-state index contributed by atoms with van der Waals surface area (Å²) in [5, 5.41) is 3.12. The third kappa shape index (κ3) is 5.87. The minimum Gasteiger partial charge on any atom is -0.384 e. The quantitative estimate of drug-likeness (QED) is 0.832. The van der Waals surface area contributed by atoms with Crippen LogP contribution in [0.25, 0.3) is 0 Å². The summed E-state index contributed by atoms with van der Waals surface area (Å²) in [6.45, 7) is 4.44. The van der Waals surface area contributed by atoms with Gasteiger partial charge in [0, 0.05) is 16.7 Å². The molecule has 1 aromatic carbocycles. The number of hydrogen-bond donors (Lipinski definition) is 1. The van der Waals surface area contributed by atoms with E-state index in [0.29, 0.717) is 6.54 Å². The molecule has 0 saturated carbocycles. The first-order chi connectivity index (χ1) is 8.43. The normalized spacial score (nSPS) is 13.3. The maximum absolute atomic E-state index is 11.8. The van der Waals surface area contributed by atoms with Crippen LogP contribution in [0.15, 0.2) is 28.7 Å². The zero-order chi connectivity index (χ0) is 13.6. The Hall–Kier alpha value is -0.550. The van der Waals surface area contributed by atoms with Crippen LogP contribution in [0.5, 0.6) is 0 Å². The molecule has 102 valence electrons. The molecule has 0 aromatic heterocycles. The monoisotopic (exact) mass is 333 g/mol. The highest BCUT2D eigenvalue weighted by molar-refractivity contribution is 9.10. The highest BCUT2D eigenvalue weighted by atomic mass is 79.9. The summed E-state index contributed by atoms with van der Waals surface area (Å²) >= 11 is 3.38. The van der Waals surface area contributed by atoms with Gasteiger partial charge in [0.05, 0.1) is 11.5 Å². The second kappa shape index (κ2) is 7.14. The van der Waals surface area contributed by atoms with Gasteiger partial charge in [0.2, 0.25) is 0 Å². The maximum Gasteiger partial charge on any atom is 0.152 e. The van der Waals surface area contributed by atoms with Crippen LogP contribution in [-0.2, 0) is 9.84 Å². The molecule has 0 bridgehead atoms. The molecule has 3 nitrogen and oxygen atoms in total. The molecule has 0 heterocycles. The van der Waals surface area contributed by atoms with Crippen molar-refractivity contribution < 1.29 is 8.42 Å². The van der Waals surface area contributed by atoms with Crippen molar-refractivity contribution in [3.63, 3.8) is 0 Å². The first kappa shape index (κ1) is 15.5. The lowest BCUT2D eigenvalue weighted by Gasteiger charge is -2.10. The lowest BCUT2D eigenvalue weighted by Crippen LogP contribution is -2.21. The summed E-state index contributed by atoms with van der Waals surface area (Å²) < 4.78 is 24.6. The average molecular weight is 334 g/mol. The van der Waals surface area contributed by atoms with Gasteiger partial charge in [0.1, 0.15) is 0 Å². The van der Waals surface area contributed by atoms with Gasteiger partial charge >= 0.3 is 0 Å². The third-order valence-corrected chi connectivity index (χ3v) is 5.20. The number of hydrogen-bond acceptors (Lipinski definition) is 3. The first-order valence-corrected chi connectivity index (χ1v) is 8.74. The molecule has 0 amide bonds. The number of halogens is 1. The largest absolute Gasteiger partial charge is 0.384 e. The second-order valence-electron chi connectivity index (χ2n) is 4.56. The number of nitrogens with one attached hydrogen (secondary N) is 1. The zero-order valence-corrected chi connectivity index (χ0v) is 13.2. The summed E-state index contributed by atoms with van der Waals surface area (Å²) in [7, 11) is -2.95. The van der Waals surface area contributed by atoms with Crippen molar-refractivity contribution in [3.8, 4) is 0 Å². The van der Waals surface area contributed by atoms with Crippen LogP contribution in [0.3, 0.4) is 0 Å². The van der Waals surface area contributed by atoms with E-state index < -0.39 is 9.84 Å². The second-order valence-corrected chi connectivity index (χ2v) is 7.71. The molecule has 1 atom stereocenters. The van der Waals surface area contributed by atoms with Gasteiger partial charge in [-0.05, 0) is 24.1 Å². The van der Waals surface area contributed by atoms with Gasteiger partial charge in [0.15, 0.2) is 9.84 Å².